The normalized spacial score (nSPS) is 13.3. The molecule has 1 saturated carbocycles. The maximum Gasteiger partial charge on any atom is 0.252 e. The monoisotopic (exact) mass is 469 g/mol. The van der Waals surface area contributed by atoms with E-state index in [1.54, 1.807) is 30.3 Å². The predicted octanol–water partition coefficient (Wildman–Crippen LogP) is 6.43. The van der Waals surface area contributed by atoms with Gasteiger partial charge in [-0.15, -0.1) is 0 Å². The summed E-state index contributed by atoms with van der Waals surface area (Å²) in [6.45, 7) is 0. The fraction of sp³-hybridized carbons (Fsp3) is 0.107. The lowest BCUT2D eigenvalue weighted by Crippen LogP contribution is -2.25. The van der Waals surface area contributed by atoms with Crippen molar-refractivity contribution >= 4 is 27.7 Å². The second-order valence-electron chi connectivity index (χ2n) is 8.66. The molecule has 0 radical (unpaired) electrons. The van der Waals surface area contributed by atoms with Crippen LogP contribution in [0.5, 0.6) is 0 Å². The second-order valence-corrected chi connectivity index (χ2v) is 8.66. The van der Waals surface area contributed by atoms with Crippen molar-refractivity contribution in [3.63, 3.8) is 0 Å². The molecule has 1 aliphatic rings. The van der Waals surface area contributed by atoms with Gasteiger partial charge in [0.25, 0.3) is 5.91 Å². The van der Waals surface area contributed by atoms with Gasteiger partial charge in [0.15, 0.2) is 0 Å². The molecular weight excluding hydrogens is 451 g/mol. The minimum absolute atomic E-state index is 0.103. The van der Waals surface area contributed by atoms with Crippen LogP contribution in [0.15, 0.2) is 72.8 Å². The van der Waals surface area contributed by atoms with Crippen LogP contribution in [-0.4, -0.2) is 21.9 Å². The number of hydrogen-bond donors (Lipinski definition) is 1. The van der Waals surface area contributed by atoms with Gasteiger partial charge in [-0.3, -0.25) is 4.79 Å². The third-order valence-corrected chi connectivity index (χ3v) is 6.12. The standard InChI is InChI=1S/C28H18F3N3O/c29-15-5-9-24-19(11-15)21(13-26(33-24)18-3-1-2-4-23(18)31)27-14-22(28(35)32-17-7-8-17)20-12-16(30)6-10-25(20)34-27/h1-6,9-14,17H,7-8H2,(H,32,35). The number of fused-ring (bicyclic) bond motifs is 2. The summed E-state index contributed by atoms with van der Waals surface area (Å²) < 4.78 is 42.9. The molecule has 4 nitrogen and oxygen atoms in total. The summed E-state index contributed by atoms with van der Waals surface area (Å²) in [7, 11) is 0. The lowest BCUT2D eigenvalue weighted by molar-refractivity contribution is 0.0952. The highest BCUT2D eigenvalue weighted by Crippen LogP contribution is 2.35. The number of nitrogens with one attached hydrogen (secondary N) is 1. The maximum absolute atomic E-state index is 14.6. The molecule has 0 unspecified atom stereocenters. The first kappa shape index (κ1) is 21.3. The fourth-order valence-corrected chi connectivity index (χ4v) is 4.23. The third-order valence-electron chi connectivity index (χ3n) is 6.12. The molecule has 6 rings (SSSR count). The van der Waals surface area contributed by atoms with Gasteiger partial charge in [0.1, 0.15) is 17.5 Å². The Morgan fingerprint density at radius 3 is 2.06 bits per heavy atom. The molecule has 172 valence electrons. The van der Waals surface area contributed by atoms with E-state index in [4.69, 9.17) is 0 Å². The number of pyridine rings is 2. The molecule has 1 fully saturated rings. The number of aromatic nitrogens is 2. The number of hydrogen-bond acceptors (Lipinski definition) is 3. The Morgan fingerprint density at radius 2 is 1.37 bits per heavy atom. The first-order chi connectivity index (χ1) is 17.0. The van der Waals surface area contributed by atoms with Crippen molar-refractivity contribution in [3.05, 3.63) is 95.8 Å². The van der Waals surface area contributed by atoms with Crippen molar-refractivity contribution in [1.82, 2.24) is 15.3 Å². The smallest absolute Gasteiger partial charge is 0.252 e. The number of carbonyl (C=O) groups excluding carboxylic acids is 1. The van der Waals surface area contributed by atoms with Gasteiger partial charge in [-0.05, 0) is 73.5 Å². The summed E-state index contributed by atoms with van der Waals surface area (Å²) in [6, 6.07) is 17.8. The summed E-state index contributed by atoms with van der Waals surface area (Å²) in [4.78, 5) is 22.3. The zero-order chi connectivity index (χ0) is 24.1. The fourth-order valence-electron chi connectivity index (χ4n) is 4.23. The van der Waals surface area contributed by atoms with Crippen LogP contribution >= 0.6 is 0 Å². The van der Waals surface area contributed by atoms with Crippen LogP contribution in [0.4, 0.5) is 13.2 Å². The Labute approximate surface area is 198 Å². The van der Waals surface area contributed by atoms with E-state index in [2.05, 4.69) is 15.3 Å². The Morgan fingerprint density at radius 1 is 0.743 bits per heavy atom. The second kappa shape index (κ2) is 8.20. The molecule has 35 heavy (non-hydrogen) atoms. The van der Waals surface area contributed by atoms with Gasteiger partial charge in [0.2, 0.25) is 0 Å². The largest absolute Gasteiger partial charge is 0.349 e. The number of amides is 1. The molecule has 7 heteroatoms. The SMILES string of the molecule is O=C(NC1CC1)c1cc(-c2cc(-c3ccccc3F)nc3ccc(F)cc23)nc2ccc(F)cc12. The van der Waals surface area contributed by atoms with Gasteiger partial charge in [-0.1, -0.05) is 12.1 Å². The van der Waals surface area contributed by atoms with E-state index in [9.17, 15) is 18.0 Å². The van der Waals surface area contributed by atoms with Crippen molar-refractivity contribution in [3.8, 4) is 22.5 Å². The van der Waals surface area contributed by atoms with E-state index in [1.165, 1.54) is 42.5 Å². The highest BCUT2D eigenvalue weighted by molar-refractivity contribution is 6.08. The van der Waals surface area contributed by atoms with Gasteiger partial charge in [-0.25, -0.2) is 23.1 Å². The minimum Gasteiger partial charge on any atom is -0.349 e. The van der Waals surface area contributed by atoms with Crippen LogP contribution in [0.25, 0.3) is 44.3 Å². The molecule has 0 bridgehead atoms. The molecule has 5 aromatic rings. The van der Waals surface area contributed by atoms with Crippen molar-refractivity contribution in [2.75, 3.05) is 0 Å². The zero-order valence-electron chi connectivity index (χ0n) is 18.4. The summed E-state index contributed by atoms with van der Waals surface area (Å²) in [5.41, 5.74) is 2.63. The topological polar surface area (TPSA) is 54.9 Å². The van der Waals surface area contributed by atoms with Crippen molar-refractivity contribution in [2.24, 2.45) is 0 Å². The van der Waals surface area contributed by atoms with Gasteiger partial charge in [0.05, 0.1) is 28.0 Å². The summed E-state index contributed by atoms with van der Waals surface area (Å²) in [5, 5.41) is 3.79. The highest BCUT2D eigenvalue weighted by atomic mass is 19.1. The minimum atomic E-state index is -0.481. The van der Waals surface area contributed by atoms with Crippen LogP contribution in [-0.2, 0) is 0 Å². The Bertz CT molecular complexity index is 1650. The Kier molecular flexibility index (Phi) is 4.99. The highest BCUT2D eigenvalue weighted by Gasteiger charge is 2.25. The van der Waals surface area contributed by atoms with Crippen molar-refractivity contribution in [1.29, 1.82) is 0 Å². The van der Waals surface area contributed by atoms with Gasteiger partial charge >= 0.3 is 0 Å². The van der Waals surface area contributed by atoms with Crippen LogP contribution in [0.2, 0.25) is 0 Å². The Hall–Kier alpha value is -4.26. The molecular formula is C28H18F3N3O. The first-order valence-corrected chi connectivity index (χ1v) is 11.2. The van der Waals surface area contributed by atoms with Crippen LogP contribution < -0.4 is 5.32 Å². The van der Waals surface area contributed by atoms with Crippen LogP contribution in [0, 0.1) is 17.5 Å². The average Bonchev–Trinajstić information content (AvgIpc) is 3.67. The van der Waals surface area contributed by atoms with Crippen LogP contribution in [0.3, 0.4) is 0 Å². The van der Waals surface area contributed by atoms with E-state index in [1.807, 2.05) is 0 Å². The molecule has 0 atom stereocenters. The predicted molar refractivity (Wildman–Crippen MR) is 128 cm³/mol. The Balaban J connectivity index is 1.63. The van der Waals surface area contributed by atoms with E-state index in [-0.39, 0.29) is 23.1 Å². The van der Waals surface area contributed by atoms with Gasteiger partial charge in [0, 0.05) is 27.9 Å². The molecule has 1 N–H and O–H groups in total. The summed E-state index contributed by atoms with van der Waals surface area (Å²) in [5.74, 6) is -1.72. The molecule has 0 saturated heterocycles. The molecule has 3 aromatic carbocycles. The number of benzene rings is 3. The van der Waals surface area contributed by atoms with Crippen molar-refractivity contribution in [2.45, 2.75) is 18.9 Å². The molecule has 0 aliphatic heterocycles. The third kappa shape index (κ3) is 3.99. The first-order valence-electron chi connectivity index (χ1n) is 11.2. The molecule has 2 heterocycles. The maximum atomic E-state index is 14.6. The average molecular weight is 469 g/mol. The van der Waals surface area contributed by atoms with Crippen molar-refractivity contribution < 1.29 is 18.0 Å². The molecule has 1 aliphatic carbocycles. The van der Waals surface area contributed by atoms with Crippen LogP contribution in [0.1, 0.15) is 23.2 Å². The summed E-state index contributed by atoms with van der Waals surface area (Å²) in [6.07, 6.45) is 1.80. The molecule has 1 amide bonds. The number of halogens is 3. The number of carbonyl (C=O) groups is 1. The molecule has 2 aromatic heterocycles. The van der Waals surface area contributed by atoms with Gasteiger partial charge < -0.3 is 5.32 Å². The van der Waals surface area contributed by atoms with E-state index >= 15 is 0 Å². The van der Waals surface area contributed by atoms with E-state index in [0.29, 0.717) is 38.8 Å². The van der Waals surface area contributed by atoms with E-state index in [0.717, 1.165) is 12.8 Å². The lowest BCUT2D eigenvalue weighted by Gasteiger charge is -2.14. The van der Waals surface area contributed by atoms with Gasteiger partial charge in [-0.2, -0.15) is 0 Å². The molecule has 0 spiro atoms. The quantitative estimate of drug-likeness (QED) is 0.330. The zero-order valence-corrected chi connectivity index (χ0v) is 18.4. The van der Waals surface area contributed by atoms with E-state index < -0.39 is 17.5 Å². The summed E-state index contributed by atoms with van der Waals surface area (Å²) >= 11 is 0. The number of rotatable bonds is 4. The number of nitrogens with zero attached hydrogens (tertiary/aromatic N) is 2. The lowest BCUT2D eigenvalue weighted by atomic mass is 9.98.